The minimum Gasteiger partial charge on any atom is -0.134 e. The molecule has 0 saturated carbocycles. The van der Waals surface area contributed by atoms with Crippen LogP contribution in [0.5, 0.6) is 0 Å². The van der Waals surface area contributed by atoms with Crippen LogP contribution in [0, 0.1) is 41.5 Å². The number of hydrogen-bond acceptors (Lipinski definition) is 0. The first-order valence-corrected chi connectivity index (χ1v) is 40.3. The molecule has 0 atom stereocenters. The van der Waals surface area contributed by atoms with Gasteiger partial charge in [0, 0.05) is 23.7 Å². The predicted molar refractivity (Wildman–Crippen MR) is 415 cm³/mol. The van der Waals surface area contributed by atoms with E-state index in [4.69, 9.17) is 0 Å². The van der Waals surface area contributed by atoms with Gasteiger partial charge in [-0.3, -0.25) is 0 Å². The molecular formula is C98H70Cl2Si. The van der Waals surface area contributed by atoms with E-state index in [-0.39, 0.29) is 23.7 Å². The van der Waals surface area contributed by atoms with Crippen molar-refractivity contribution in [3.63, 3.8) is 0 Å². The molecule has 3 heteroatoms. The summed E-state index contributed by atoms with van der Waals surface area (Å²) in [7, 11) is 0. The quantitative estimate of drug-likeness (QED) is 0.115. The maximum atomic E-state index is 9.86. The SMILES string of the molecule is Cc1c(C23c4ccccc4C(c4ccccc42)c2ccccc23)c(C)c([Si](Cl)(Cl)c2c(C)c(C34c5ccccc5C(c5ccccc53)c3ccccc34)c(C)c(C34c5ccccc5C(c5ccccc53)c3ccccc34)c2C)c(C)c1C12c3ccccc3C(c3ccccc31)c1ccccc12. The Bertz CT molecular complexity index is 4910. The topological polar surface area (TPSA) is 0 Å². The predicted octanol–water partition coefficient (Wildman–Crippen LogP) is 21.3. The molecule has 0 heterocycles. The van der Waals surface area contributed by atoms with Crippen molar-refractivity contribution >= 4 is 39.2 Å². The van der Waals surface area contributed by atoms with Gasteiger partial charge in [0.15, 0.2) is 0 Å². The third kappa shape index (κ3) is 6.54. The Morgan fingerprint density at radius 1 is 0.188 bits per heavy atom. The maximum Gasteiger partial charge on any atom is 0.311 e. The first-order chi connectivity index (χ1) is 49.5. The third-order valence-electron chi connectivity index (χ3n) is 26.7. The molecule has 14 aromatic carbocycles. The molecule has 12 aliphatic rings. The molecule has 12 aliphatic carbocycles. The van der Waals surface area contributed by atoms with E-state index in [1.807, 2.05) is 0 Å². The van der Waals surface area contributed by atoms with Gasteiger partial charge in [0.25, 0.3) is 0 Å². The summed E-state index contributed by atoms with van der Waals surface area (Å²) in [5, 5.41) is 2.15. The van der Waals surface area contributed by atoms with E-state index in [1.54, 1.807) is 0 Å². The van der Waals surface area contributed by atoms with Crippen LogP contribution in [0.1, 0.15) is 213 Å². The number of hydrogen-bond donors (Lipinski definition) is 0. The lowest BCUT2D eigenvalue weighted by molar-refractivity contribution is 0.603. The lowest BCUT2D eigenvalue weighted by Gasteiger charge is -2.55. The Balaban J connectivity index is 0.965. The van der Waals surface area contributed by atoms with Crippen LogP contribution >= 0.6 is 22.2 Å². The number of benzene rings is 14. The summed E-state index contributed by atoms with van der Waals surface area (Å²) in [6.45, 7) is 10.4. The van der Waals surface area contributed by atoms with Gasteiger partial charge >= 0.3 is 6.69 Å². The van der Waals surface area contributed by atoms with E-state index >= 15 is 0 Å². The normalized spacial score (nSPS) is 22.8. The van der Waals surface area contributed by atoms with Crippen LogP contribution in [-0.2, 0) is 21.7 Å². The molecule has 0 aliphatic heterocycles. The smallest absolute Gasteiger partial charge is 0.134 e. The second-order valence-electron chi connectivity index (χ2n) is 30.4. The summed E-state index contributed by atoms with van der Waals surface area (Å²) in [4.78, 5) is 0. The number of halogens is 2. The Kier molecular flexibility index (Phi) is 11.7. The Hall–Kier alpha value is -10.1. The highest BCUT2D eigenvalue weighted by atomic mass is 35.7. The number of rotatable bonds is 6. The van der Waals surface area contributed by atoms with Crippen molar-refractivity contribution in [1.29, 1.82) is 0 Å². The van der Waals surface area contributed by atoms with Gasteiger partial charge in [-0.1, -0.05) is 291 Å². The molecule has 0 saturated heterocycles. The zero-order valence-corrected chi connectivity index (χ0v) is 59.8. The highest BCUT2D eigenvalue weighted by Crippen LogP contribution is 2.70. The summed E-state index contributed by atoms with van der Waals surface area (Å²) in [5.41, 5.74) is 41.3. The molecule has 0 fully saturated rings. The van der Waals surface area contributed by atoms with Gasteiger partial charge in [-0.05, 0) is 241 Å². The summed E-state index contributed by atoms with van der Waals surface area (Å²) >= 11 is 19.7. The van der Waals surface area contributed by atoms with Crippen molar-refractivity contribution in [3.8, 4) is 0 Å². The molecule has 0 N–H and O–H groups in total. The lowest BCUT2D eigenvalue weighted by Crippen LogP contribution is -2.58. The van der Waals surface area contributed by atoms with Crippen LogP contribution in [0.25, 0.3) is 0 Å². The van der Waals surface area contributed by atoms with Crippen LogP contribution in [0.15, 0.2) is 291 Å². The molecule has 0 radical (unpaired) electrons. The third-order valence-corrected chi connectivity index (χ3v) is 31.8. The van der Waals surface area contributed by atoms with Crippen molar-refractivity contribution in [2.45, 2.75) is 86.9 Å². The van der Waals surface area contributed by atoms with Crippen LogP contribution in [0.2, 0.25) is 0 Å². The summed E-state index contributed by atoms with van der Waals surface area (Å²) in [6, 6.07) is 113. The van der Waals surface area contributed by atoms with Crippen molar-refractivity contribution in [3.05, 3.63) is 480 Å². The summed E-state index contributed by atoms with van der Waals surface area (Å²) < 4.78 is 0. The monoisotopic (exact) mass is 1340 g/mol. The molecule has 0 spiro atoms. The standard InChI is InChI=1S/C98H70Cl2Si/c1-55-89(95-73-43-19-7-31-61(73)85(62-32-8-20-44-74(62)95)63-33-9-21-45-75(63)95)57(3)93(58(4)90(55)96-76-46-22-10-34-64(76)86(65-35-11-23-47-77(65)96)66-36-12-24-48-78(66)96)101(99,100)94-59(5)91(97-79-49-25-13-37-67(79)87(68-38-14-26-50-80(68)97)69-39-15-27-51-81(69)97)56(2)92(60(94)6)98-82-52-28-16-40-70(82)88(71-41-17-29-53-83(71)98)72-42-18-30-54-84(72)98/h7-54,85-88H,1-6H3. The first kappa shape index (κ1) is 58.7. The fraction of sp³-hybridized carbons (Fsp3) is 0.143. The average Bonchev–Trinajstić information content (AvgIpc) is 0.660. The van der Waals surface area contributed by atoms with Crippen molar-refractivity contribution in [2.24, 2.45) is 0 Å². The average molecular weight is 1350 g/mol. The van der Waals surface area contributed by atoms with Gasteiger partial charge in [0.1, 0.15) is 0 Å². The van der Waals surface area contributed by atoms with Crippen LogP contribution in [-0.4, -0.2) is 6.69 Å². The first-order valence-electron chi connectivity index (χ1n) is 36.3. The highest BCUT2D eigenvalue weighted by Gasteiger charge is 2.63. The molecule has 0 nitrogen and oxygen atoms in total. The molecule has 101 heavy (non-hydrogen) atoms. The Labute approximate surface area is 602 Å². The molecule has 0 amide bonds. The molecule has 26 rings (SSSR count). The van der Waals surface area contributed by atoms with E-state index in [9.17, 15) is 22.2 Å². The van der Waals surface area contributed by atoms with Gasteiger partial charge in [-0.15, -0.1) is 22.2 Å². The summed E-state index contributed by atoms with van der Waals surface area (Å²) in [5.74, 6) is 0.266. The molecular weight excluding hydrogens is 1280 g/mol. The van der Waals surface area contributed by atoms with E-state index in [2.05, 4.69) is 333 Å². The second kappa shape index (κ2) is 20.1. The van der Waals surface area contributed by atoms with E-state index in [0.29, 0.717) is 0 Å². The largest absolute Gasteiger partial charge is 0.311 e. The zero-order chi connectivity index (χ0) is 67.5. The van der Waals surface area contributed by atoms with E-state index in [1.165, 1.54) is 167 Å². The van der Waals surface area contributed by atoms with E-state index in [0.717, 1.165) is 32.6 Å². The Morgan fingerprint density at radius 3 is 0.436 bits per heavy atom. The fourth-order valence-electron chi connectivity index (χ4n) is 24.2. The molecule has 480 valence electrons. The van der Waals surface area contributed by atoms with Crippen molar-refractivity contribution in [1.82, 2.24) is 0 Å². The van der Waals surface area contributed by atoms with Gasteiger partial charge in [-0.2, -0.15) is 0 Å². The zero-order valence-electron chi connectivity index (χ0n) is 57.3. The molecule has 0 unspecified atom stereocenters. The molecule has 0 aromatic heterocycles. The maximum absolute atomic E-state index is 9.86. The van der Waals surface area contributed by atoms with Crippen LogP contribution in [0.4, 0.5) is 0 Å². The Morgan fingerprint density at radius 2 is 0.307 bits per heavy atom. The highest BCUT2D eigenvalue weighted by molar-refractivity contribution is 7.56. The molecule has 14 aromatic rings. The molecule has 8 bridgehead atoms. The second-order valence-corrected chi connectivity index (χ2v) is 36.5. The van der Waals surface area contributed by atoms with Crippen molar-refractivity contribution in [2.75, 3.05) is 0 Å². The van der Waals surface area contributed by atoms with Gasteiger partial charge in [0.05, 0.1) is 21.7 Å². The van der Waals surface area contributed by atoms with E-state index < -0.39 is 28.4 Å². The minimum absolute atomic E-state index is 0.0665. The van der Waals surface area contributed by atoms with Gasteiger partial charge in [-0.25, -0.2) is 0 Å². The van der Waals surface area contributed by atoms with Crippen LogP contribution in [0.3, 0.4) is 0 Å². The van der Waals surface area contributed by atoms with Crippen LogP contribution < -0.4 is 10.4 Å². The lowest BCUT2D eigenvalue weighted by atomic mass is 9.47. The van der Waals surface area contributed by atoms with Gasteiger partial charge < -0.3 is 0 Å². The summed E-state index contributed by atoms with van der Waals surface area (Å²) in [6.07, 6.45) is 0. The van der Waals surface area contributed by atoms with Gasteiger partial charge in [0.2, 0.25) is 0 Å². The minimum atomic E-state index is -4.35. The van der Waals surface area contributed by atoms with Crippen molar-refractivity contribution < 1.29 is 0 Å². The fourth-order valence-corrected chi connectivity index (χ4v) is 30.2.